The molecule has 0 aliphatic rings. The average molecular weight is 344 g/mol. The third-order valence-electron chi connectivity index (χ3n) is 4.01. The fourth-order valence-electron chi connectivity index (χ4n) is 2.80. The molecule has 0 radical (unpaired) electrons. The zero-order valence-corrected chi connectivity index (χ0v) is 14.3. The van der Waals surface area contributed by atoms with Crippen LogP contribution in [-0.4, -0.2) is 16.6 Å². The van der Waals surface area contributed by atoms with Crippen LogP contribution in [0, 0.1) is 0 Å². The zero-order valence-electron chi connectivity index (χ0n) is 13.5. The summed E-state index contributed by atoms with van der Waals surface area (Å²) in [6.07, 6.45) is 1.75. The maximum absolute atomic E-state index is 12.3. The van der Waals surface area contributed by atoms with E-state index in [9.17, 15) is 4.79 Å². The molecular weight excluding hydrogens is 328 g/mol. The molecule has 0 saturated carbocycles. The van der Waals surface area contributed by atoms with Crippen molar-refractivity contribution in [1.29, 1.82) is 0 Å². The largest absolute Gasteiger partial charge is 0.325 e. The van der Waals surface area contributed by atoms with Crippen molar-refractivity contribution in [3.63, 3.8) is 0 Å². The first-order valence-corrected chi connectivity index (χ1v) is 9.03. The van der Waals surface area contributed by atoms with Crippen LogP contribution in [0.25, 0.3) is 21.7 Å². The molecule has 0 aliphatic carbocycles. The fourth-order valence-corrected chi connectivity index (χ4v) is 3.55. The van der Waals surface area contributed by atoms with Crippen LogP contribution in [0.3, 0.4) is 0 Å². The molecular formula is C21H16N2OS. The van der Waals surface area contributed by atoms with E-state index in [0.29, 0.717) is 5.75 Å². The van der Waals surface area contributed by atoms with Crippen LogP contribution < -0.4 is 5.32 Å². The molecule has 0 bridgehead atoms. The Morgan fingerprint density at radius 3 is 2.72 bits per heavy atom. The predicted molar refractivity (Wildman–Crippen MR) is 105 cm³/mol. The fraction of sp³-hybridized carbons (Fsp3) is 0.0476. The number of rotatable bonds is 4. The molecule has 4 heteroatoms. The quantitative estimate of drug-likeness (QED) is 0.523. The van der Waals surface area contributed by atoms with Crippen molar-refractivity contribution >= 4 is 45.0 Å². The van der Waals surface area contributed by atoms with Crippen molar-refractivity contribution in [2.75, 3.05) is 11.1 Å². The van der Waals surface area contributed by atoms with Gasteiger partial charge in [0.05, 0.1) is 17.0 Å². The van der Waals surface area contributed by atoms with Gasteiger partial charge in [-0.3, -0.25) is 9.78 Å². The Bertz CT molecular complexity index is 1060. The van der Waals surface area contributed by atoms with E-state index < -0.39 is 0 Å². The maximum Gasteiger partial charge on any atom is 0.234 e. The number of thioether (sulfide) groups is 1. The second kappa shape index (κ2) is 6.95. The van der Waals surface area contributed by atoms with Gasteiger partial charge in [0.25, 0.3) is 0 Å². The van der Waals surface area contributed by atoms with Gasteiger partial charge in [-0.1, -0.05) is 36.4 Å². The van der Waals surface area contributed by atoms with Gasteiger partial charge in [-0.05, 0) is 47.2 Å². The number of nitrogens with one attached hydrogen (secondary N) is 1. The zero-order chi connectivity index (χ0) is 17.1. The normalized spacial score (nSPS) is 10.9. The van der Waals surface area contributed by atoms with E-state index in [4.69, 9.17) is 0 Å². The molecule has 122 valence electrons. The Morgan fingerprint density at radius 2 is 1.80 bits per heavy atom. The number of carbonyl (C=O) groups is 1. The minimum atomic E-state index is -0.0190. The Kier molecular flexibility index (Phi) is 4.36. The summed E-state index contributed by atoms with van der Waals surface area (Å²) in [5, 5.41) is 6.34. The van der Waals surface area contributed by atoms with Crippen molar-refractivity contribution in [3.8, 4) is 0 Å². The molecule has 1 heterocycles. The highest BCUT2D eigenvalue weighted by Gasteiger charge is 2.07. The number of carbonyl (C=O) groups excluding carboxylic acids is 1. The van der Waals surface area contributed by atoms with Crippen LogP contribution in [0.1, 0.15) is 0 Å². The first kappa shape index (κ1) is 15.7. The van der Waals surface area contributed by atoms with E-state index in [-0.39, 0.29) is 5.91 Å². The summed E-state index contributed by atoms with van der Waals surface area (Å²) in [6, 6.07) is 24.1. The molecule has 25 heavy (non-hydrogen) atoms. The highest BCUT2D eigenvalue weighted by Crippen LogP contribution is 2.25. The number of amides is 1. The topological polar surface area (TPSA) is 42.0 Å². The van der Waals surface area contributed by atoms with Gasteiger partial charge < -0.3 is 5.32 Å². The van der Waals surface area contributed by atoms with Crippen LogP contribution in [0.2, 0.25) is 0 Å². The molecule has 1 amide bonds. The molecule has 0 unspecified atom stereocenters. The highest BCUT2D eigenvalue weighted by atomic mass is 32.2. The van der Waals surface area contributed by atoms with E-state index in [1.165, 1.54) is 10.8 Å². The van der Waals surface area contributed by atoms with Crippen molar-refractivity contribution < 1.29 is 4.79 Å². The summed E-state index contributed by atoms with van der Waals surface area (Å²) < 4.78 is 0. The molecule has 0 aliphatic heterocycles. The first-order chi connectivity index (χ1) is 12.3. The predicted octanol–water partition coefficient (Wildman–Crippen LogP) is 5.12. The van der Waals surface area contributed by atoms with Crippen LogP contribution in [0.15, 0.2) is 83.9 Å². The minimum Gasteiger partial charge on any atom is -0.325 e. The third-order valence-corrected chi connectivity index (χ3v) is 5.00. The lowest BCUT2D eigenvalue weighted by molar-refractivity contribution is -0.113. The molecule has 0 atom stereocenters. The molecule has 0 fully saturated rings. The van der Waals surface area contributed by atoms with Crippen molar-refractivity contribution in [2.24, 2.45) is 0 Å². The van der Waals surface area contributed by atoms with Crippen LogP contribution in [-0.2, 0) is 4.79 Å². The Hall–Kier alpha value is -2.85. The average Bonchev–Trinajstić information content (AvgIpc) is 2.66. The van der Waals surface area contributed by atoms with E-state index >= 15 is 0 Å². The summed E-state index contributed by atoms with van der Waals surface area (Å²) in [5.74, 6) is 0.351. The van der Waals surface area contributed by atoms with Crippen molar-refractivity contribution in [2.45, 2.75) is 4.90 Å². The second-order valence-corrected chi connectivity index (χ2v) is 6.77. The number of hydrogen-bond acceptors (Lipinski definition) is 3. The van der Waals surface area contributed by atoms with Gasteiger partial charge in [-0.2, -0.15) is 0 Å². The van der Waals surface area contributed by atoms with E-state index in [1.807, 2.05) is 42.5 Å². The maximum atomic E-state index is 12.3. The SMILES string of the molecule is O=C(CSc1ccc2ccccc2c1)Nc1cccc2ncccc12. The molecule has 0 spiro atoms. The molecule has 0 saturated heterocycles. The van der Waals surface area contributed by atoms with Gasteiger partial charge in [0.15, 0.2) is 0 Å². The monoisotopic (exact) mass is 344 g/mol. The minimum absolute atomic E-state index is 0.0190. The lowest BCUT2D eigenvalue weighted by Crippen LogP contribution is -2.14. The smallest absolute Gasteiger partial charge is 0.234 e. The molecule has 1 N–H and O–H groups in total. The summed E-state index contributed by atoms with van der Waals surface area (Å²) in [5.41, 5.74) is 1.68. The molecule has 4 rings (SSSR count). The lowest BCUT2D eigenvalue weighted by Gasteiger charge is -2.08. The Labute approximate surface area is 150 Å². The van der Waals surface area contributed by atoms with Gasteiger partial charge in [0.2, 0.25) is 5.91 Å². The number of hydrogen-bond donors (Lipinski definition) is 1. The van der Waals surface area contributed by atoms with E-state index in [2.05, 4.69) is 40.6 Å². The van der Waals surface area contributed by atoms with E-state index in [1.54, 1.807) is 18.0 Å². The number of aromatic nitrogens is 1. The lowest BCUT2D eigenvalue weighted by atomic mass is 10.1. The number of fused-ring (bicyclic) bond motifs is 2. The number of benzene rings is 3. The first-order valence-electron chi connectivity index (χ1n) is 8.05. The van der Waals surface area contributed by atoms with Gasteiger partial charge >= 0.3 is 0 Å². The van der Waals surface area contributed by atoms with E-state index in [0.717, 1.165) is 21.5 Å². The molecule has 3 nitrogen and oxygen atoms in total. The summed E-state index contributed by atoms with van der Waals surface area (Å²) in [4.78, 5) is 17.7. The Balaban J connectivity index is 1.46. The summed E-state index contributed by atoms with van der Waals surface area (Å²) in [7, 11) is 0. The summed E-state index contributed by atoms with van der Waals surface area (Å²) in [6.45, 7) is 0. The Morgan fingerprint density at radius 1 is 0.920 bits per heavy atom. The molecule has 4 aromatic rings. The molecule has 1 aromatic heterocycles. The number of anilines is 1. The highest BCUT2D eigenvalue weighted by molar-refractivity contribution is 8.00. The van der Waals surface area contributed by atoms with Crippen molar-refractivity contribution in [3.05, 3.63) is 79.0 Å². The van der Waals surface area contributed by atoms with Gasteiger partial charge in [-0.15, -0.1) is 11.8 Å². The standard InChI is InChI=1S/C21H16N2OS/c24-21(23-20-9-3-8-19-18(20)7-4-12-22-19)14-25-17-11-10-15-5-1-2-6-16(15)13-17/h1-13H,14H2,(H,23,24). The molecule has 3 aromatic carbocycles. The van der Waals surface area contributed by atoms with Crippen LogP contribution >= 0.6 is 11.8 Å². The van der Waals surface area contributed by atoms with Gasteiger partial charge in [0.1, 0.15) is 0 Å². The van der Waals surface area contributed by atoms with Crippen LogP contribution in [0.5, 0.6) is 0 Å². The number of nitrogens with zero attached hydrogens (tertiary/aromatic N) is 1. The van der Waals surface area contributed by atoms with Gasteiger partial charge in [-0.25, -0.2) is 0 Å². The van der Waals surface area contributed by atoms with Crippen LogP contribution in [0.4, 0.5) is 5.69 Å². The third kappa shape index (κ3) is 3.49. The second-order valence-electron chi connectivity index (χ2n) is 5.72. The summed E-state index contributed by atoms with van der Waals surface area (Å²) >= 11 is 1.54. The van der Waals surface area contributed by atoms with Gasteiger partial charge in [0, 0.05) is 16.5 Å². The number of pyridine rings is 1. The van der Waals surface area contributed by atoms with Crippen molar-refractivity contribution in [1.82, 2.24) is 4.98 Å².